The van der Waals surface area contributed by atoms with E-state index in [4.69, 9.17) is 9.84 Å². The molecule has 1 aliphatic rings. The molecule has 0 aromatic heterocycles. The summed E-state index contributed by atoms with van der Waals surface area (Å²) in [7, 11) is 0. The molecule has 0 spiro atoms. The van der Waals surface area contributed by atoms with Crippen LogP contribution < -0.4 is 5.32 Å². The molecule has 2 N–H and O–H groups in total. The molecule has 2 atom stereocenters. The van der Waals surface area contributed by atoms with Gasteiger partial charge in [0.15, 0.2) is 0 Å². The molecule has 16 heavy (non-hydrogen) atoms. The van der Waals surface area contributed by atoms with Gasteiger partial charge in [-0.05, 0) is 26.2 Å². The van der Waals surface area contributed by atoms with Crippen LogP contribution in [0, 0.1) is 0 Å². The molecule has 0 aromatic carbocycles. The number of hydrogen-bond acceptors (Lipinski definition) is 3. The van der Waals surface area contributed by atoms with Crippen LogP contribution >= 0.6 is 0 Å². The number of aliphatic carboxylic acids is 1. The number of carboxylic acid groups (broad SMARTS) is 1. The minimum Gasteiger partial charge on any atom is -0.480 e. The molecule has 0 aliphatic carbocycles. The highest BCUT2D eigenvalue weighted by Gasteiger charge is 2.36. The number of rotatable bonds is 5. The van der Waals surface area contributed by atoms with E-state index in [0.29, 0.717) is 25.9 Å². The molecule has 1 aliphatic heterocycles. The second-order valence-electron chi connectivity index (χ2n) is 4.38. The molecule has 1 rings (SSSR count). The number of nitrogens with one attached hydrogen (secondary N) is 1. The van der Waals surface area contributed by atoms with Crippen molar-refractivity contribution in [1.82, 2.24) is 5.32 Å². The summed E-state index contributed by atoms with van der Waals surface area (Å²) in [6.07, 6.45) is 2.18. The molecule has 0 radical (unpaired) electrons. The third kappa shape index (κ3) is 2.95. The van der Waals surface area contributed by atoms with Crippen molar-refractivity contribution < 1.29 is 19.4 Å². The topological polar surface area (TPSA) is 75.6 Å². The predicted molar refractivity (Wildman–Crippen MR) is 58.1 cm³/mol. The smallest absolute Gasteiger partial charge is 0.329 e. The molecular formula is C11H19NO4. The average Bonchev–Trinajstić information content (AvgIpc) is 2.70. The fourth-order valence-electron chi connectivity index (χ4n) is 1.86. The Labute approximate surface area is 95.2 Å². The molecule has 0 bridgehead atoms. The number of carbonyl (C=O) groups is 2. The normalized spacial score (nSPS) is 23.8. The summed E-state index contributed by atoms with van der Waals surface area (Å²) in [5.74, 6) is -1.31. The van der Waals surface area contributed by atoms with E-state index in [9.17, 15) is 9.59 Å². The first kappa shape index (κ1) is 13.0. The predicted octanol–water partition coefficient (Wildman–Crippen LogP) is 0.925. The molecule has 92 valence electrons. The van der Waals surface area contributed by atoms with Crippen LogP contribution in [0.4, 0.5) is 0 Å². The van der Waals surface area contributed by atoms with Gasteiger partial charge >= 0.3 is 5.97 Å². The average molecular weight is 229 g/mol. The van der Waals surface area contributed by atoms with Crippen molar-refractivity contribution >= 4 is 11.9 Å². The van der Waals surface area contributed by atoms with Crippen LogP contribution in [-0.4, -0.2) is 35.2 Å². The van der Waals surface area contributed by atoms with Gasteiger partial charge in [-0.1, -0.05) is 13.3 Å². The van der Waals surface area contributed by atoms with E-state index in [2.05, 4.69) is 5.32 Å². The van der Waals surface area contributed by atoms with E-state index >= 15 is 0 Å². The summed E-state index contributed by atoms with van der Waals surface area (Å²) in [5.41, 5.74) is -1.18. The molecule has 1 unspecified atom stereocenters. The quantitative estimate of drug-likeness (QED) is 0.735. The van der Waals surface area contributed by atoms with Crippen molar-refractivity contribution in [3.63, 3.8) is 0 Å². The lowest BCUT2D eigenvalue weighted by Crippen LogP contribution is -2.54. The van der Waals surface area contributed by atoms with Crippen molar-refractivity contribution in [3.05, 3.63) is 0 Å². The number of carboxylic acids is 1. The molecular weight excluding hydrogens is 210 g/mol. The molecule has 5 heteroatoms. The van der Waals surface area contributed by atoms with E-state index in [1.165, 1.54) is 6.92 Å². The lowest BCUT2D eigenvalue weighted by atomic mass is 9.96. The third-order valence-electron chi connectivity index (χ3n) is 2.84. The van der Waals surface area contributed by atoms with Gasteiger partial charge in [0.1, 0.15) is 11.6 Å². The Hall–Kier alpha value is -1.10. The van der Waals surface area contributed by atoms with Gasteiger partial charge in [-0.15, -0.1) is 0 Å². The monoisotopic (exact) mass is 229 g/mol. The molecule has 1 heterocycles. The Morgan fingerprint density at radius 1 is 1.56 bits per heavy atom. The van der Waals surface area contributed by atoms with Gasteiger partial charge in [0.05, 0.1) is 0 Å². The Morgan fingerprint density at radius 3 is 2.69 bits per heavy atom. The fourth-order valence-corrected chi connectivity index (χ4v) is 1.86. The van der Waals surface area contributed by atoms with Gasteiger partial charge in [0.25, 0.3) is 0 Å². The molecule has 1 amide bonds. The summed E-state index contributed by atoms with van der Waals surface area (Å²) in [5, 5.41) is 11.7. The molecule has 5 nitrogen and oxygen atoms in total. The Kier molecular flexibility index (Phi) is 4.29. The molecule has 1 saturated heterocycles. The Balaban J connectivity index is 2.60. The van der Waals surface area contributed by atoms with Gasteiger partial charge in [-0.2, -0.15) is 0 Å². The van der Waals surface area contributed by atoms with E-state index < -0.39 is 17.6 Å². The van der Waals surface area contributed by atoms with Crippen LogP contribution in [0.5, 0.6) is 0 Å². The van der Waals surface area contributed by atoms with Gasteiger partial charge in [-0.3, -0.25) is 4.79 Å². The lowest BCUT2D eigenvalue weighted by Gasteiger charge is -2.27. The second-order valence-corrected chi connectivity index (χ2v) is 4.38. The molecule has 0 saturated carbocycles. The van der Waals surface area contributed by atoms with Crippen LogP contribution in [0.15, 0.2) is 0 Å². The van der Waals surface area contributed by atoms with Crippen molar-refractivity contribution in [2.75, 3.05) is 6.61 Å². The number of ether oxygens (including phenoxy) is 1. The zero-order valence-corrected chi connectivity index (χ0v) is 9.78. The van der Waals surface area contributed by atoms with Crippen LogP contribution in [0.3, 0.4) is 0 Å². The van der Waals surface area contributed by atoms with E-state index in [1.807, 2.05) is 6.92 Å². The first-order valence-corrected chi connectivity index (χ1v) is 5.66. The van der Waals surface area contributed by atoms with Gasteiger partial charge < -0.3 is 15.2 Å². The largest absolute Gasteiger partial charge is 0.480 e. The van der Waals surface area contributed by atoms with Gasteiger partial charge in [-0.25, -0.2) is 4.79 Å². The Morgan fingerprint density at radius 2 is 2.25 bits per heavy atom. The summed E-state index contributed by atoms with van der Waals surface area (Å²) in [6.45, 7) is 4.00. The summed E-state index contributed by atoms with van der Waals surface area (Å²) >= 11 is 0. The van der Waals surface area contributed by atoms with Gasteiger partial charge in [0.2, 0.25) is 5.91 Å². The minimum atomic E-state index is -1.18. The molecule has 1 fully saturated rings. The Bertz CT molecular complexity index is 273. The van der Waals surface area contributed by atoms with Crippen molar-refractivity contribution in [2.45, 2.75) is 51.2 Å². The number of hydrogen-bond donors (Lipinski definition) is 2. The maximum absolute atomic E-state index is 11.7. The van der Waals surface area contributed by atoms with E-state index in [0.717, 1.165) is 6.42 Å². The second kappa shape index (κ2) is 5.30. The lowest BCUT2D eigenvalue weighted by molar-refractivity contribution is -0.149. The van der Waals surface area contributed by atoms with Gasteiger partial charge in [0, 0.05) is 6.61 Å². The maximum atomic E-state index is 11.7. The highest BCUT2D eigenvalue weighted by atomic mass is 16.5. The summed E-state index contributed by atoms with van der Waals surface area (Å²) < 4.78 is 5.21. The standard InChI is InChI=1S/C11H19NO4/c1-3-6-11(2,10(14)15)12-9(13)8-5-4-7-16-8/h8H,3-7H2,1-2H3,(H,12,13)(H,14,15)/t8-,11?/m1/s1. The van der Waals surface area contributed by atoms with Crippen LogP contribution in [0.1, 0.15) is 39.5 Å². The van der Waals surface area contributed by atoms with Crippen LogP contribution in [-0.2, 0) is 14.3 Å². The highest BCUT2D eigenvalue weighted by molar-refractivity contribution is 5.88. The van der Waals surface area contributed by atoms with E-state index in [1.54, 1.807) is 0 Å². The third-order valence-corrected chi connectivity index (χ3v) is 2.84. The number of amides is 1. The van der Waals surface area contributed by atoms with Crippen LogP contribution in [0.25, 0.3) is 0 Å². The SMILES string of the molecule is CCCC(C)(NC(=O)[C@H]1CCCO1)C(=O)O. The minimum absolute atomic E-state index is 0.309. The van der Waals surface area contributed by atoms with E-state index in [-0.39, 0.29) is 5.91 Å². The van der Waals surface area contributed by atoms with Crippen molar-refractivity contribution in [1.29, 1.82) is 0 Å². The molecule has 0 aromatic rings. The first-order valence-electron chi connectivity index (χ1n) is 5.66. The van der Waals surface area contributed by atoms with Crippen molar-refractivity contribution in [3.8, 4) is 0 Å². The van der Waals surface area contributed by atoms with Crippen molar-refractivity contribution in [2.24, 2.45) is 0 Å². The summed E-state index contributed by atoms with van der Waals surface area (Å²) in [6, 6.07) is 0. The summed E-state index contributed by atoms with van der Waals surface area (Å²) in [4.78, 5) is 22.8. The zero-order valence-electron chi connectivity index (χ0n) is 9.78. The zero-order chi connectivity index (χ0) is 12.2. The van der Waals surface area contributed by atoms with Crippen LogP contribution in [0.2, 0.25) is 0 Å². The highest BCUT2D eigenvalue weighted by Crippen LogP contribution is 2.16. The maximum Gasteiger partial charge on any atom is 0.329 e. The number of carbonyl (C=O) groups excluding carboxylic acids is 1. The first-order chi connectivity index (χ1) is 7.49. The fraction of sp³-hybridized carbons (Fsp3) is 0.818.